The molecule has 3 aliphatic rings. The van der Waals surface area contributed by atoms with E-state index in [9.17, 15) is 0 Å². The highest BCUT2D eigenvalue weighted by atomic mass is 28.3. The van der Waals surface area contributed by atoms with Gasteiger partial charge in [-0.05, 0) is 35.3 Å². The lowest BCUT2D eigenvalue weighted by molar-refractivity contribution is 0.279. The minimum absolute atomic E-state index is 0.547. The Hall–Kier alpha value is -1.20. The van der Waals surface area contributed by atoms with Crippen molar-refractivity contribution in [2.75, 3.05) is 20.0 Å². The van der Waals surface area contributed by atoms with E-state index in [1.807, 2.05) is 0 Å². The van der Waals surface area contributed by atoms with Crippen LogP contribution in [0.1, 0.15) is 24.8 Å². The molecule has 4 heteroatoms. The zero-order valence-corrected chi connectivity index (χ0v) is 17.4. The van der Waals surface area contributed by atoms with Crippen molar-refractivity contribution in [3.05, 3.63) is 60.2 Å². The maximum Gasteiger partial charge on any atom is 0.129 e. The molecule has 0 radical (unpaired) electrons. The summed E-state index contributed by atoms with van der Waals surface area (Å²) in [6.07, 6.45) is 10.9. The number of benzene rings is 1. The number of rotatable bonds is 3. The van der Waals surface area contributed by atoms with E-state index >= 15 is 0 Å². The van der Waals surface area contributed by atoms with Crippen molar-refractivity contribution in [3.8, 4) is 0 Å². The molecular formula is C22H33N3Si. The minimum atomic E-state index is -1.56. The molecule has 140 valence electrons. The number of allylic oxidation sites excluding steroid dienone is 4. The number of nitrogens with zero attached hydrogens (tertiary/aromatic N) is 1. The van der Waals surface area contributed by atoms with Gasteiger partial charge in [-0.3, -0.25) is 15.2 Å². The monoisotopic (exact) mass is 367 g/mol. The minimum Gasteiger partial charge on any atom is -0.299 e. The summed E-state index contributed by atoms with van der Waals surface area (Å²) in [6, 6.07) is 11.1. The first-order valence-corrected chi connectivity index (χ1v) is 13.2. The van der Waals surface area contributed by atoms with Crippen molar-refractivity contribution >= 4 is 8.24 Å². The normalized spacial score (nSPS) is 35.3. The molecule has 26 heavy (non-hydrogen) atoms. The molecule has 1 aromatic rings. The van der Waals surface area contributed by atoms with E-state index < -0.39 is 8.24 Å². The lowest BCUT2D eigenvalue weighted by Crippen LogP contribution is -2.63. The molecular weight excluding hydrogens is 334 g/mol. The van der Waals surface area contributed by atoms with Crippen LogP contribution in [0.25, 0.3) is 0 Å². The third-order valence-electron chi connectivity index (χ3n) is 7.06. The van der Waals surface area contributed by atoms with Crippen LogP contribution < -0.4 is 10.6 Å². The molecule has 0 amide bonds. The molecule has 0 spiro atoms. The summed E-state index contributed by atoms with van der Waals surface area (Å²) >= 11 is 0. The third-order valence-corrected chi connectivity index (χ3v) is 11.6. The largest absolute Gasteiger partial charge is 0.299 e. The molecule has 0 bridgehead atoms. The molecule has 1 aliphatic heterocycles. The Morgan fingerprint density at radius 2 is 1.69 bits per heavy atom. The van der Waals surface area contributed by atoms with Crippen LogP contribution in [0.15, 0.2) is 54.6 Å². The van der Waals surface area contributed by atoms with Gasteiger partial charge in [-0.1, -0.05) is 74.7 Å². The summed E-state index contributed by atoms with van der Waals surface area (Å²) in [4.78, 5) is 0. The molecule has 1 saturated heterocycles. The highest BCUT2D eigenvalue weighted by Crippen LogP contribution is 2.56. The lowest BCUT2D eigenvalue weighted by atomic mass is 9.80. The molecule has 2 fully saturated rings. The van der Waals surface area contributed by atoms with Gasteiger partial charge in [0.1, 0.15) is 8.24 Å². The van der Waals surface area contributed by atoms with Crippen LogP contribution >= 0.6 is 0 Å². The third kappa shape index (κ3) is 3.24. The maximum absolute atomic E-state index is 3.52. The van der Waals surface area contributed by atoms with Crippen LogP contribution in [-0.2, 0) is 0 Å². The van der Waals surface area contributed by atoms with Crippen LogP contribution in [0, 0.1) is 17.8 Å². The van der Waals surface area contributed by atoms with Crippen LogP contribution in [0.3, 0.4) is 0 Å². The fourth-order valence-electron chi connectivity index (χ4n) is 5.89. The Morgan fingerprint density at radius 1 is 1.00 bits per heavy atom. The summed E-state index contributed by atoms with van der Waals surface area (Å²) in [5.41, 5.74) is 2.28. The van der Waals surface area contributed by atoms with Gasteiger partial charge < -0.3 is 0 Å². The standard InChI is InChI=1S/C22H33N3Si/c1-17-13-21-19(18-9-5-4-6-10-18)11-7-8-12-20(21)22(17)26(2,3)25-15-23-14-24-16-25/h4-12,17,19-24H,13-16H2,1-3H3/t17?,19-,20?,21?,22?/m0/s1. The van der Waals surface area contributed by atoms with Gasteiger partial charge in [0.05, 0.1) is 0 Å². The first-order chi connectivity index (χ1) is 12.6. The van der Waals surface area contributed by atoms with Crippen LogP contribution in [0.5, 0.6) is 0 Å². The smallest absolute Gasteiger partial charge is 0.129 e. The van der Waals surface area contributed by atoms with Crippen LogP contribution in [0.4, 0.5) is 0 Å². The quantitative estimate of drug-likeness (QED) is 0.787. The van der Waals surface area contributed by atoms with Gasteiger partial charge in [-0.2, -0.15) is 0 Å². The Kier molecular flexibility index (Phi) is 5.19. The van der Waals surface area contributed by atoms with E-state index in [1.165, 1.54) is 12.0 Å². The maximum atomic E-state index is 3.52. The molecule has 1 aromatic carbocycles. The molecule has 2 aliphatic carbocycles. The average Bonchev–Trinajstić information content (AvgIpc) is 2.86. The number of nitrogens with one attached hydrogen (secondary N) is 2. The van der Waals surface area contributed by atoms with Gasteiger partial charge in [-0.15, -0.1) is 0 Å². The van der Waals surface area contributed by atoms with Crippen molar-refractivity contribution in [1.82, 2.24) is 15.2 Å². The van der Waals surface area contributed by atoms with E-state index in [-0.39, 0.29) is 0 Å². The zero-order chi connectivity index (χ0) is 18.1. The fourth-order valence-corrected chi connectivity index (χ4v) is 10.2. The topological polar surface area (TPSA) is 27.3 Å². The molecule has 0 aromatic heterocycles. The molecule has 5 atom stereocenters. The van der Waals surface area contributed by atoms with Crippen molar-refractivity contribution < 1.29 is 0 Å². The van der Waals surface area contributed by atoms with Gasteiger partial charge in [0.2, 0.25) is 0 Å². The Balaban J connectivity index is 1.64. The molecule has 4 unspecified atom stereocenters. The fraction of sp³-hybridized carbons (Fsp3) is 0.545. The van der Waals surface area contributed by atoms with E-state index in [0.717, 1.165) is 37.4 Å². The van der Waals surface area contributed by atoms with Gasteiger partial charge in [0, 0.05) is 25.9 Å². The second kappa shape index (κ2) is 7.43. The summed E-state index contributed by atoms with van der Waals surface area (Å²) < 4.78 is 2.73. The summed E-state index contributed by atoms with van der Waals surface area (Å²) in [5, 5.41) is 7.03. The molecule has 1 saturated carbocycles. The zero-order valence-electron chi connectivity index (χ0n) is 16.4. The predicted octanol–water partition coefficient (Wildman–Crippen LogP) is 4.11. The highest BCUT2D eigenvalue weighted by molar-refractivity contribution is 6.76. The first kappa shape index (κ1) is 18.2. The Bertz CT molecular complexity index is 663. The second-order valence-corrected chi connectivity index (χ2v) is 13.5. The van der Waals surface area contributed by atoms with Gasteiger partial charge in [0.25, 0.3) is 0 Å². The Morgan fingerprint density at radius 3 is 2.42 bits per heavy atom. The van der Waals surface area contributed by atoms with Gasteiger partial charge in [0.15, 0.2) is 0 Å². The molecule has 1 heterocycles. The first-order valence-electron chi connectivity index (χ1n) is 10.2. The number of hydrogen-bond donors (Lipinski definition) is 2. The lowest BCUT2D eigenvalue weighted by Gasteiger charge is -2.47. The van der Waals surface area contributed by atoms with E-state index in [4.69, 9.17) is 0 Å². The van der Waals surface area contributed by atoms with Crippen molar-refractivity contribution in [1.29, 1.82) is 0 Å². The number of hydrogen-bond acceptors (Lipinski definition) is 3. The van der Waals surface area contributed by atoms with Gasteiger partial charge >= 0.3 is 0 Å². The predicted molar refractivity (Wildman–Crippen MR) is 112 cm³/mol. The van der Waals surface area contributed by atoms with E-state index in [0.29, 0.717) is 11.8 Å². The van der Waals surface area contributed by atoms with Crippen molar-refractivity contribution in [2.24, 2.45) is 17.8 Å². The average molecular weight is 368 g/mol. The molecule has 2 N–H and O–H groups in total. The van der Waals surface area contributed by atoms with Gasteiger partial charge in [-0.25, -0.2) is 0 Å². The number of fused-ring (bicyclic) bond motifs is 1. The second-order valence-electron chi connectivity index (χ2n) is 8.87. The summed E-state index contributed by atoms with van der Waals surface area (Å²) in [7, 11) is -1.56. The molecule has 3 nitrogen and oxygen atoms in total. The van der Waals surface area contributed by atoms with Crippen molar-refractivity contribution in [3.63, 3.8) is 0 Å². The highest BCUT2D eigenvalue weighted by Gasteiger charge is 2.52. The van der Waals surface area contributed by atoms with E-state index in [2.05, 4.69) is 89.9 Å². The SMILES string of the molecule is CC1CC2C(C=CC=C[C@H]2c2ccccc2)C1[Si](C)(C)N1CNCNC1. The van der Waals surface area contributed by atoms with Crippen LogP contribution in [0.2, 0.25) is 18.6 Å². The van der Waals surface area contributed by atoms with E-state index in [1.54, 1.807) is 0 Å². The van der Waals surface area contributed by atoms with Crippen molar-refractivity contribution in [2.45, 2.75) is 37.9 Å². The summed E-state index contributed by atoms with van der Waals surface area (Å²) in [6.45, 7) is 10.7. The summed E-state index contributed by atoms with van der Waals surface area (Å²) in [5.74, 6) is 2.75. The molecule has 4 rings (SSSR count). The van der Waals surface area contributed by atoms with Crippen LogP contribution in [-0.4, -0.2) is 32.8 Å². The Labute approximate surface area is 159 Å².